The maximum Gasteiger partial charge on any atom is 0.210 e. The third kappa shape index (κ3) is 2.15. The summed E-state index contributed by atoms with van der Waals surface area (Å²) in [5.74, 6) is -9.12. The monoisotopic (exact) mass is 496 g/mol. The van der Waals surface area contributed by atoms with Crippen molar-refractivity contribution < 1.29 is 39.5 Å². The second-order valence-electron chi connectivity index (χ2n) is 11.0. The first-order valence-electron chi connectivity index (χ1n) is 12.1. The minimum absolute atomic E-state index is 0.113. The molecule has 0 aromatic rings. The minimum Gasteiger partial charge on any atom is -0.508 e. The number of carbonyl (C=O) groups is 2. The maximum absolute atomic E-state index is 14.3. The fourth-order valence-electron chi connectivity index (χ4n) is 7.94. The predicted molar refractivity (Wildman–Crippen MR) is 129 cm³/mol. The molecule has 5 fully saturated rings. The molecule has 192 valence electrons. The van der Waals surface area contributed by atoms with Crippen molar-refractivity contribution in [1.29, 1.82) is 0 Å². The molecule has 36 heavy (non-hydrogen) atoms. The van der Waals surface area contributed by atoms with Crippen LogP contribution in [0.2, 0.25) is 0 Å². The summed E-state index contributed by atoms with van der Waals surface area (Å²) in [4.78, 5) is 28.7. The summed E-state index contributed by atoms with van der Waals surface area (Å²) in [5, 5.41) is 46.6. The zero-order valence-corrected chi connectivity index (χ0v) is 21.2. The summed E-state index contributed by atoms with van der Waals surface area (Å²) >= 11 is 0. The lowest BCUT2D eigenvalue weighted by Gasteiger charge is -2.58. The number of Topliss-reactive ketones (excluding diaryl/α,β-unsaturated/α-hetero) is 2. The highest BCUT2D eigenvalue weighted by molar-refractivity contribution is 6.13. The Morgan fingerprint density at radius 3 is 1.33 bits per heavy atom. The fourth-order valence-corrected chi connectivity index (χ4v) is 7.94. The molecule has 0 unspecified atom stereocenters. The molecule has 5 rings (SSSR count). The molecule has 0 spiro atoms. The van der Waals surface area contributed by atoms with Crippen LogP contribution in [0.25, 0.3) is 0 Å². The van der Waals surface area contributed by atoms with Gasteiger partial charge in [-0.05, 0) is 53.7 Å². The average molecular weight is 497 g/mol. The van der Waals surface area contributed by atoms with E-state index in [1.807, 2.05) is 0 Å². The van der Waals surface area contributed by atoms with E-state index < -0.39 is 57.0 Å². The molecule has 0 radical (unpaired) electrons. The van der Waals surface area contributed by atoms with E-state index >= 15 is 0 Å². The van der Waals surface area contributed by atoms with E-state index in [0.29, 0.717) is 0 Å². The lowest BCUT2D eigenvalue weighted by Crippen LogP contribution is -2.74. The minimum atomic E-state index is -2.26. The number of carbonyl (C=O) groups excluding carboxylic acids is 2. The van der Waals surface area contributed by atoms with Gasteiger partial charge in [0.25, 0.3) is 0 Å². The summed E-state index contributed by atoms with van der Waals surface area (Å²) < 4.78 is 12.5. The Hall–Kier alpha value is -2.78. The molecule has 0 aromatic heterocycles. The van der Waals surface area contributed by atoms with E-state index in [1.165, 1.54) is 39.8 Å². The highest BCUT2D eigenvalue weighted by Crippen LogP contribution is 2.83. The predicted octanol–water partition coefficient (Wildman–Crippen LogP) is 3.25. The largest absolute Gasteiger partial charge is 0.508 e. The van der Waals surface area contributed by atoms with Crippen molar-refractivity contribution in [3.63, 3.8) is 0 Å². The molecule has 8 heteroatoms. The first-order chi connectivity index (χ1) is 16.7. The van der Waals surface area contributed by atoms with Crippen LogP contribution in [0.5, 0.6) is 0 Å². The Bertz CT molecular complexity index is 1190. The second kappa shape index (κ2) is 6.95. The van der Waals surface area contributed by atoms with Crippen LogP contribution in [0.4, 0.5) is 0 Å². The second-order valence-corrected chi connectivity index (χ2v) is 11.0. The molecule has 3 aliphatic carbocycles. The van der Waals surface area contributed by atoms with Crippen LogP contribution >= 0.6 is 0 Å². The topological polar surface area (TPSA) is 134 Å². The van der Waals surface area contributed by atoms with E-state index in [9.17, 15) is 30.0 Å². The fraction of sp³-hybridized carbons (Fsp3) is 0.500. The van der Waals surface area contributed by atoms with Gasteiger partial charge in [0, 0.05) is 23.0 Å². The average Bonchev–Trinajstić information content (AvgIpc) is 3.12. The third-order valence-electron chi connectivity index (χ3n) is 9.41. The number of hydrogen-bond donors (Lipinski definition) is 4. The van der Waals surface area contributed by atoms with Crippen molar-refractivity contribution in [2.45, 2.75) is 64.3 Å². The molecule has 0 aromatic carbocycles. The zero-order valence-electron chi connectivity index (χ0n) is 21.2. The Labute approximate surface area is 209 Å². The lowest BCUT2D eigenvalue weighted by molar-refractivity contribution is -0.450. The van der Waals surface area contributed by atoms with Crippen LogP contribution in [-0.4, -0.2) is 54.8 Å². The number of allylic oxidation sites excluding steroid dienone is 8. The Balaban J connectivity index is 1.93. The molecule has 0 amide bonds. The van der Waals surface area contributed by atoms with Crippen molar-refractivity contribution in [2.75, 3.05) is 0 Å². The Morgan fingerprint density at radius 2 is 1.03 bits per heavy atom. The third-order valence-corrected chi connectivity index (χ3v) is 9.41. The van der Waals surface area contributed by atoms with E-state index in [4.69, 9.17) is 9.47 Å². The summed E-state index contributed by atoms with van der Waals surface area (Å²) in [7, 11) is 0. The van der Waals surface area contributed by atoms with Crippen LogP contribution < -0.4 is 0 Å². The van der Waals surface area contributed by atoms with Crippen LogP contribution in [-0.2, 0) is 19.1 Å². The smallest absolute Gasteiger partial charge is 0.210 e. The SMILES string of the molecule is C/C=C/C=C/C(O)=C1C(=O)[C@@]2(C)[C@H]3C(=C(O)/C=C/C=C/C)C(=O)[C@@]4(C)[C@@H]1[C@@]1(C)O[C@]4(O)[C@]3(C)O[C@@]21O. The molecular formula is C28H32O8. The molecule has 3 saturated carbocycles. The van der Waals surface area contributed by atoms with E-state index in [0.717, 1.165) is 0 Å². The van der Waals surface area contributed by atoms with E-state index in [-0.39, 0.29) is 22.7 Å². The van der Waals surface area contributed by atoms with Crippen molar-refractivity contribution in [1.82, 2.24) is 0 Å². The van der Waals surface area contributed by atoms with Gasteiger partial charge >= 0.3 is 0 Å². The molecule has 8 nitrogen and oxygen atoms in total. The van der Waals surface area contributed by atoms with Gasteiger partial charge in [-0.25, -0.2) is 0 Å². The van der Waals surface area contributed by atoms with Gasteiger partial charge in [-0.3, -0.25) is 9.59 Å². The standard InChI is InChI=1S/C28H32O8/c1-7-9-11-13-15(29)17-19-23(3)22(32)18(16(30)14-12-10-8-2)20-24(4,21(17)31)28(34)25(19,5)35-27(23,33)26(20,6)36-28/h7-14,19-20,29-30,33-34H,1-6H3/b9-7+,10-8+,13-11+,14-12+,17-15?,18-16?/t19-,20-,23-,24-,25-,26-,27+,28+/m1/s1. The molecule has 2 aliphatic heterocycles. The van der Waals surface area contributed by atoms with E-state index in [1.54, 1.807) is 50.3 Å². The van der Waals surface area contributed by atoms with Crippen LogP contribution in [0.1, 0.15) is 41.5 Å². The van der Waals surface area contributed by atoms with Gasteiger partial charge in [-0.15, -0.1) is 0 Å². The van der Waals surface area contributed by atoms with Crippen LogP contribution in [0.15, 0.2) is 71.3 Å². The molecule has 8 atom stereocenters. The van der Waals surface area contributed by atoms with E-state index in [2.05, 4.69) is 0 Å². The highest BCUT2D eigenvalue weighted by Gasteiger charge is 2.99. The first-order valence-corrected chi connectivity index (χ1v) is 12.1. The summed E-state index contributed by atoms with van der Waals surface area (Å²) in [5.41, 5.74) is -7.52. The summed E-state index contributed by atoms with van der Waals surface area (Å²) in [6.45, 7) is 9.48. The van der Waals surface area contributed by atoms with Gasteiger partial charge in [0.2, 0.25) is 11.6 Å². The molecule has 2 heterocycles. The number of ketones is 2. The number of aliphatic hydroxyl groups excluding tert-OH is 2. The molecule has 8 bridgehead atoms. The van der Waals surface area contributed by atoms with Gasteiger partial charge in [0.15, 0.2) is 11.6 Å². The van der Waals surface area contributed by atoms with Crippen molar-refractivity contribution >= 4 is 11.6 Å². The summed E-state index contributed by atoms with van der Waals surface area (Å²) in [6, 6.07) is 0. The number of hydrogen-bond acceptors (Lipinski definition) is 8. The quantitative estimate of drug-likeness (QED) is 0.265. The van der Waals surface area contributed by atoms with Crippen molar-refractivity contribution in [3.05, 3.63) is 71.3 Å². The van der Waals surface area contributed by atoms with Gasteiger partial charge in [-0.1, -0.05) is 36.5 Å². The van der Waals surface area contributed by atoms with Crippen molar-refractivity contribution in [2.24, 2.45) is 22.7 Å². The normalized spacial score (nSPS) is 51.8. The molecule has 4 N–H and O–H groups in total. The van der Waals surface area contributed by atoms with Gasteiger partial charge < -0.3 is 29.9 Å². The van der Waals surface area contributed by atoms with Crippen LogP contribution in [0.3, 0.4) is 0 Å². The number of ether oxygens (including phenoxy) is 2. The van der Waals surface area contributed by atoms with Gasteiger partial charge in [-0.2, -0.15) is 0 Å². The molecule has 2 saturated heterocycles. The maximum atomic E-state index is 14.3. The molecule has 5 aliphatic rings. The highest BCUT2D eigenvalue weighted by atomic mass is 16.8. The Morgan fingerprint density at radius 1 is 0.694 bits per heavy atom. The Kier molecular flexibility index (Phi) is 4.81. The molecular weight excluding hydrogens is 464 g/mol. The first kappa shape index (κ1) is 24.9. The number of rotatable bonds is 4. The van der Waals surface area contributed by atoms with Gasteiger partial charge in [0.1, 0.15) is 22.7 Å². The van der Waals surface area contributed by atoms with Crippen molar-refractivity contribution in [3.8, 4) is 0 Å². The van der Waals surface area contributed by atoms with Gasteiger partial charge in [0.05, 0.1) is 10.8 Å². The summed E-state index contributed by atoms with van der Waals surface area (Å²) in [6.07, 6.45) is 12.6. The zero-order chi connectivity index (χ0) is 26.7. The number of aliphatic hydroxyl groups is 4. The lowest BCUT2D eigenvalue weighted by atomic mass is 9.39. The van der Waals surface area contributed by atoms with Crippen LogP contribution in [0, 0.1) is 22.7 Å².